The first-order valence-electron chi connectivity index (χ1n) is 7.74. The van der Waals surface area contributed by atoms with Crippen LogP contribution in [0.2, 0.25) is 5.02 Å². The van der Waals surface area contributed by atoms with Gasteiger partial charge in [-0.3, -0.25) is 9.69 Å². The highest BCUT2D eigenvalue weighted by molar-refractivity contribution is 7.12. The second-order valence-electron chi connectivity index (χ2n) is 6.08. The molecular formula is C17H14ClF3N2O3S. The van der Waals surface area contributed by atoms with Gasteiger partial charge in [0.25, 0.3) is 5.72 Å². The summed E-state index contributed by atoms with van der Waals surface area (Å²) in [5.74, 6) is -2.93. The summed E-state index contributed by atoms with van der Waals surface area (Å²) in [6, 6.07) is 6.03. The number of ketones is 1. The smallest absolute Gasteiger partial charge is 0.363 e. The number of thiophene rings is 1. The molecule has 1 saturated heterocycles. The molecule has 2 aromatic rings. The summed E-state index contributed by atoms with van der Waals surface area (Å²) in [7, 11) is 0.801. The van der Waals surface area contributed by atoms with Crippen LogP contribution in [0.4, 0.5) is 18.0 Å². The third kappa shape index (κ3) is 3.19. The van der Waals surface area contributed by atoms with Crippen LogP contribution in [0.15, 0.2) is 41.8 Å². The lowest BCUT2D eigenvalue weighted by atomic mass is 9.78. The van der Waals surface area contributed by atoms with Crippen LogP contribution in [0.1, 0.15) is 21.3 Å². The van der Waals surface area contributed by atoms with Crippen molar-refractivity contribution in [2.45, 2.75) is 17.9 Å². The van der Waals surface area contributed by atoms with Crippen molar-refractivity contribution in [1.29, 1.82) is 0 Å². The monoisotopic (exact) mass is 418 g/mol. The molecule has 2 N–H and O–H groups in total. The van der Waals surface area contributed by atoms with Crippen molar-refractivity contribution >= 4 is 34.8 Å². The molecule has 2 heterocycles. The minimum Gasteiger partial charge on any atom is -0.363 e. The number of carbonyl (C=O) groups is 2. The first-order chi connectivity index (χ1) is 12.6. The van der Waals surface area contributed by atoms with E-state index in [-0.39, 0.29) is 15.3 Å². The summed E-state index contributed by atoms with van der Waals surface area (Å²) in [5.41, 5.74) is -3.46. The third-order valence-corrected chi connectivity index (χ3v) is 5.69. The third-order valence-electron chi connectivity index (χ3n) is 4.55. The lowest BCUT2D eigenvalue weighted by Crippen LogP contribution is -2.72. The average Bonchev–Trinajstić information content (AvgIpc) is 3.13. The predicted octanol–water partition coefficient (Wildman–Crippen LogP) is 3.85. The molecule has 1 fully saturated rings. The molecule has 1 aromatic carbocycles. The maximum absolute atomic E-state index is 13.9. The number of carbonyl (C=O) groups excluding carboxylic acids is 2. The highest BCUT2D eigenvalue weighted by Gasteiger charge is 2.69. The van der Waals surface area contributed by atoms with Gasteiger partial charge in [0.05, 0.1) is 10.9 Å². The summed E-state index contributed by atoms with van der Waals surface area (Å²) < 4.78 is 41.7. The van der Waals surface area contributed by atoms with Crippen LogP contribution in [-0.4, -0.2) is 40.8 Å². The second kappa shape index (κ2) is 6.81. The van der Waals surface area contributed by atoms with E-state index in [2.05, 4.69) is 5.32 Å². The zero-order chi connectivity index (χ0) is 20.0. The topological polar surface area (TPSA) is 69.6 Å². The van der Waals surface area contributed by atoms with Gasteiger partial charge >= 0.3 is 12.2 Å². The van der Waals surface area contributed by atoms with Gasteiger partial charge in [-0.2, -0.15) is 13.2 Å². The van der Waals surface area contributed by atoms with Crippen molar-refractivity contribution in [3.8, 4) is 0 Å². The van der Waals surface area contributed by atoms with E-state index >= 15 is 0 Å². The Morgan fingerprint density at radius 2 is 1.93 bits per heavy atom. The highest BCUT2D eigenvalue weighted by atomic mass is 35.5. The number of aliphatic hydroxyl groups is 1. The van der Waals surface area contributed by atoms with Gasteiger partial charge in [-0.05, 0) is 29.1 Å². The van der Waals surface area contributed by atoms with E-state index in [4.69, 9.17) is 11.6 Å². The van der Waals surface area contributed by atoms with E-state index in [0.717, 1.165) is 18.4 Å². The fourth-order valence-electron chi connectivity index (χ4n) is 3.13. The molecule has 0 saturated carbocycles. The summed E-state index contributed by atoms with van der Waals surface area (Å²) >= 11 is 6.78. The van der Waals surface area contributed by atoms with Crippen molar-refractivity contribution < 1.29 is 27.9 Å². The number of nitrogens with zero attached hydrogens (tertiary/aromatic N) is 1. The van der Waals surface area contributed by atoms with E-state index in [1.54, 1.807) is 5.38 Å². The molecule has 0 aliphatic carbocycles. The van der Waals surface area contributed by atoms with Crippen LogP contribution in [0, 0.1) is 5.92 Å². The van der Waals surface area contributed by atoms with Gasteiger partial charge in [0.15, 0.2) is 5.78 Å². The number of amides is 2. The standard InChI is InChI=1S/C17H14ClF3N2O3S/c1-23-15(25)22-13(9-4-6-10(18)7-5-9)12(16(23,26)17(19,20)21)14(24)11-3-2-8-27-11/h2-8,12-13,26H,1H3,(H,22,25)/t12-,13+,16-/m0/s1. The maximum Gasteiger partial charge on any atom is 0.437 e. The summed E-state index contributed by atoms with van der Waals surface area (Å²) in [4.78, 5) is 25.3. The number of alkyl halides is 3. The summed E-state index contributed by atoms with van der Waals surface area (Å²) in [6.07, 6.45) is -5.26. The minimum atomic E-state index is -5.26. The number of hydrogen-bond donors (Lipinski definition) is 2. The lowest BCUT2D eigenvalue weighted by molar-refractivity contribution is -0.322. The highest BCUT2D eigenvalue weighted by Crippen LogP contribution is 2.47. The molecule has 0 radical (unpaired) electrons. The van der Waals surface area contributed by atoms with Gasteiger partial charge in [0, 0.05) is 12.1 Å². The Kier molecular flexibility index (Phi) is 4.96. The molecule has 0 bridgehead atoms. The van der Waals surface area contributed by atoms with Crippen LogP contribution < -0.4 is 5.32 Å². The van der Waals surface area contributed by atoms with Gasteiger partial charge in [0.2, 0.25) is 0 Å². The van der Waals surface area contributed by atoms with E-state index in [1.807, 2.05) is 0 Å². The van der Waals surface area contributed by atoms with Crippen LogP contribution >= 0.6 is 22.9 Å². The molecular weight excluding hydrogens is 405 g/mol. The van der Waals surface area contributed by atoms with Crippen LogP contribution in [0.3, 0.4) is 0 Å². The lowest BCUT2D eigenvalue weighted by Gasteiger charge is -2.49. The zero-order valence-corrected chi connectivity index (χ0v) is 15.4. The Morgan fingerprint density at radius 3 is 2.44 bits per heavy atom. The van der Waals surface area contributed by atoms with Crippen molar-refractivity contribution in [2.75, 3.05) is 7.05 Å². The zero-order valence-electron chi connectivity index (χ0n) is 13.8. The van der Waals surface area contributed by atoms with Crippen molar-refractivity contribution in [3.05, 3.63) is 57.2 Å². The molecule has 3 atom stereocenters. The molecule has 27 heavy (non-hydrogen) atoms. The SMILES string of the molecule is CN1C(=O)N[C@H](c2ccc(Cl)cc2)[C@@H](C(=O)c2cccs2)[C@]1(O)C(F)(F)F. The summed E-state index contributed by atoms with van der Waals surface area (Å²) in [6.45, 7) is 0. The van der Waals surface area contributed by atoms with Crippen molar-refractivity contribution in [1.82, 2.24) is 10.2 Å². The molecule has 0 unspecified atom stereocenters. The van der Waals surface area contributed by atoms with E-state index in [9.17, 15) is 27.9 Å². The number of urea groups is 1. The van der Waals surface area contributed by atoms with Gasteiger partial charge in [-0.25, -0.2) is 4.79 Å². The first-order valence-corrected chi connectivity index (χ1v) is 8.99. The molecule has 1 aliphatic heterocycles. The number of hydrogen-bond acceptors (Lipinski definition) is 4. The Hall–Kier alpha value is -2.10. The molecule has 0 spiro atoms. The van der Waals surface area contributed by atoms with Gasteiger partial charge in [0.1, 0.15) is 5.92 Å². The largest absolute Gasteiger partial charge is 0.437 e. The predicted molar refractivity (Wildman–Crippen MR) is 93.6 cm³/mol. The van der Waals surface area contributed by atoms with Gasteiger partial charge in [-0.1, -0.05) is 29.8 Å². The Bertz CT molecular complexity index is 857. The van der Waals surface area contributed by atoms with Crippen LogP contribution in [0.25, 0.3) is 0 Å². The molecule has 10 heteroatoms. The van der Waals surface area contributed by atoms with Crippen molar-refractivity contribution in [2.24, 2.45) is 5.92 Å². The Balaban J connectivity index is 2.19. The number of halogens is 4. The number of rotatable bonds is 3. The Labute approximate surface area is 161 Å². The van der Waals surface area contributed by atoms with Gasteiger partial charge < -0.3 is 10.4 Å². The second-order valence-corrected chi connectivity index (χ2v) is 7.46. The van der Waals surface area contributed by atoms with Crippen LogP contribution in [0.5, 0.6) is 0 Å². The molecule has 1 aliphatic rings. The quantitative estimate of drug-likeness (QED) is 0.744. The maximum atomic E-state index is 13.9. The average molecular weight is 419 g/mol. The fraction of sp³-hybridized carbons (Fsp3) is 0.294. The normalized spacial score (nSPS) is 26.0. The number of Topliss-reactive ketones (excluding diaryl/α,β-unsaturated/α-hetero) is 1. The molecule has 5 nitrogen and oxygen atoms in total. The first kappa shape index (κ1) is 19.7. The van der Waals surface area contributed by atoms with E-state index in [0.29, 0.717) is 5.02 Å². The number of nitrogens with one attached hydrogen (secondary N) is 1. The molecule has 144 valence electrons. The summed E-state index contributed by atoms with van der Waals surface area (Å²) in [5, 5.41) is 14.9. The van der Waals surface area contributed by atoms with E-state index in [1.165, 1.54) is 36.4 Å². The Morgan fingerprint density at radius 1 is 1.30 bits per heavy atom. The number of benzene rings is 1. The van der Waals surface area contributed by atoms with Crippen molar-refractivity contribution in [3.63, 3.8) is 0 Å². The molecule has 3 rings (SSSR count). The fourth-order valence-corrected chi connectivity index (χ4v) is 3.96. The molecule has 1 aromatic heterocycles. The molecule has 2 amide bonds. The van der Waals surface area contributed by atoms with E-state index < -0.39 is 35.7 Å². The minimum absolute atomic E-state index is 0.0474. The van der Waals surface area contributed by atoms with Gasteiger partial charge in [-0.15, -0.1) is 11.3 Å². The van der Waals surface area contributed by atoms with Crippen LogP contribution in [-0.2, 0) is 0 Å².